The number of methoxy groups -OCH3 is 2. The van der Waals surface area contributed by atoms with E-state index in [2.05, 4.69) is 21.2 Å². The van der Waals surface area contributed by atoms with Gasteiger partial charge in [0.15, 0.2) is 0 Å². The summed E-state index contributed by atoms with van der Waals surface area (Å²) in [5.74, 6) is 0.353. The second-order valence-corrected chi connectivity index (χ2v) is 8.97. The van der Waals surface area contributed by atoms with E-state index in [0.717, 1.165) is 15.5 Å². The van der Waals surface area contributed by atoms with E-state index in [1.54, 1.807) is 43.4 Å². The minimum Gasteiger partial charge on any atom is -0.496 e. The zero-order chi connectivity index (χ0) is 22.7. The SMILES string of the molecule is COCCN1C(=O)c2ccccc2Sc2cc(NC(=O)c3ccc(OC)c(Br)c3)ccc21. The van der Waals surface area contributed by atoms with Crippen LogP contribution in [0.2, 0.25) is 0 Å². The summed E-state index contributed by atoms with van der Waals surface area (Å²) in [5, 5.41) is 2.94. The number of amides is 2. The molecular formula is C24H21BrN2O4S. The highest BCUT2D eigenvalue weighted by Gasteiger charge is 2.27. The van der Waals surface area contributed by atoms with Gasteiger partial charge in [0.1, 0.15) is 5.75 Å². The first-order valence-electron chi connectivity index (χ1n) is 9.88. The molecule has 1 aliphatic heterocycles. The van der Waals surface area contributed by atoms with E-state index < -0.39 is 0 Å². The predicted molar refractivity (Wildman–Crippen MR) is 129 cm³/mol. The summed E-state index contributed by atoms with van der Waals surface area (Å²) >= 11 is 4.92. The van der Waals surface area contributed by atoms with Crippen LogP contribution >= 0.6 is 27.7 Å². The van der Waals surface area contributed by atoms with Gasteiger partial charge in [0.25, 0.3) is 11.8 Å². The topological polar surface area (TPSA) is 67.9 Å². The summed E-state index contributed by atoms with van der Waals surface area (Å²) in [6.07, 6.45) is 0. The Morgan fingerprint density at radius 2 is 1.88 bits per heavy atom. The number of hydrogen-bond acceptors (Lipinski definition) is 5. The molecule has 0 atom stereocenters. The average Bonchev–Trinajstić information content (AvgIpc) is 2.91. The molecule has 8 heteroatoms. The molecule has 1 aliphatic rings. The molecule has 0 saturated carbocycles. The van der Waals surface area contributed by atoms with Crippen LogP contribution in [-0.2, 0) is 4.74 Å². The molecule has 6 nitrogen and oxygen atoms in total. The summed E-state index contributed by atoms with van der Waals surface area (Å²) in [5.41, 5.74) is 2.59. The third kappa shape index (κ3) is 4.53. The molecule has 0 aromatic heterocycles. The maximum atomic E-state index is 13.2. The van der Waals surface area contributed by atoms with Gasteiger partial charge in [-0.1, -0.05) is 23.9 Å². The predicted octanol–water partition coefficient (Wildman–Crippen LogP) is 5.47. The van der Waals surface area contributed by atoms with Gasteiger partial charge in [-0.2, -0.15) is 0 Å². The lowest BCUT2D eigenvalue weighted by molar-refractivity contribution is 0.0972. The molecule has 0 unspecified atom stereocenters. The van der Waals surface area contributed by atoms with E-state index in [0.29, 0.717) is 40.2 Å². The molecule has 2 amide bonds. The van der Waals surface area contributed by atoms with Gasteiger partial charge in [-0.25, -0.2) is 0 Å². The Balaban J connectivity index is 1.66. The molecule has 1 N–H and O–H groups in total. The Morgan fingerprint density at radius 1 is 1.06 bits per heavy atom. The molecular weight excluding hydrogens is 492 g/mol. The molecule has 32 heavy (non-hydrogen) atoms. The van der Waals surface area contributed by atoms with E-state index in [4.69, 9.17) is 9.47 Å². The molecule has 0 saturated heterocycles. The first-order valence-corrected chi connectivity index (χ1v) is 11.5. The monoisotopic (exact) mass is 512 g/mol. The number of fused-ring (bicyclic) bond motifs is 2. The van der Waals surface area contributed by atoms with Crippen molar-refractivity contribution < 1.29 is 19.1 Å². The fourth-order valence-corrected chi connectivity index (χ4v) is 5.08. The first-order chi connectivity index (χ1) is 15.5. The summed E-state index contributed by atoms with van der Waals surface area (Å²) in [4.78, 5) is 29.5. The molecule has 3 aromatic rings. The lowest BCUT2D eigenvalue weighted by Gasteiger charge is -2.23. The summed E-state index contributed by atoms with van der Waals surface area (Å²) in [6, 6.07) is 18.3. The van der Waals surface area contributed by atoms with Crippen LogP contribution in [0.4, 0.5) is 11.4 Å². The van der Waals surface area contributed by atoms with Crippen LogP contribution in [0, 0.1) is 0 Å². The molecule has 0 spiro atoms. The summed E-state index contributed by atoms with van der Waals surface area (Å²) < 4.78 is 11.1. The van der Waals surface area contributed by atoms with Crippen molar-refractivity contribution in [1.29, 1.82) is 0 Å². The maximum Gasteiger partial charge on any atom is 0.259 e. The highest BCUT2D eigenvalue weighted by Crippen LogP contribution is 2.42. The third-order valence-corrected chi connectivity index (χ3v) is 6.77. The molecule has 0 radical (unpaired) electrons. The van der Waals surface area contributed by atoms with Gasteiger partial charge < -0.3 is 19.7 Å². The van der Waals surface area contributed by atoms with Crippen molar-refractivity contribution in [2.45, 2.75) is 9.79 Å². The zero-order valence-electron chi connectivity index (χ0n) is 17.6. The Hall–Kier alpha value is -2.81. The number of hydrogen-bond donors (Lipinski definition) is 1. The second-order valence-electron chi connectivity index (χ2n) is 7.03. The van der Waals surface area contributed by atoms with Crippen LogP contribution in [0.5, 0.6) is 5.75 Å². The van der Waals surface area contributed by atoms with Crippen molar-refractivity contribution in [2.24, 2.45) is 0 Å². The van der Waals surface area contributed by atoms with Gasteiger partial charge in [-0.05, 0) is 64.5 Å². The van der Waals surface area contributed by atoms with Gasteiger partial charge in [-0.15, -0.1) is 0 Å². The van der Waals surface area contributed by atoms with Gasteiger partial charge in [-0.3, -0.25) is 9.59 Å². The highest BCUT2D eigenvalue weighted by molar-refractivity contribution is 9.10. The number of ether oxygens (including phenoxy) is 2. The first kappa shape index (κ1) is 22.4. The van der Waals surface area contributed by atoms with Crippen LogP contribution in [0.15, 0.2) is 74.9 Å². The Bertz CT molecular complexity index is 1180. The summed E-state index contributed by atoms with van der Waals surface area (Å²) in [7, 11) is 3.19. The second kappa shape index (κ2) is 9.77. The van der Waals surface area contributed by atoms with Crippen LogP contribution in [-0.4, -0.2) is 39.2 Å². The van der Waals surface area contributed by atoms with Crippen LogP contribution in [0.1, 0.15) is 20.7 Å². The quantitative estimate of drug-likeness (QED) is 0.474. The van der Waals surface area contributed by atoms with Gasteiger partial charge in [0.2, 0.25) is 0 Å². The lowest BCUT2D eigenvalue weighted by atomic mass is 10.1. The van der Waals surface area contributed by atoms with Crippen molar-refractivity contribution in [2.75, 3.05) is 37.6 Å². The van der Waals surface area contributed by atoms with Gasteiger partial charge >= 0.3 is 0 Å². The fraction of sp³-hybridized carbons (Fsp3) is 0.167. The number of anilines is 2. The number of carbonyl (C=O) groups is 2. The zero-order valence-corrected chi connectivity index (χ0v) is 20.0. The van der Waals surface area contributed by atoms with Gasteiger partial charge in [0, 0.05) is 34.7 Å². The third-order valence-electron chi connectivity index (χ3n) is 5.02. The minimum absolute atomic E-state index is 0.0660. The number of halogens is 1. The number of carbonyl (C=O) groups excluding carboxylic acids is 2. The Morgan fingerprint density at radius 3 is 2.62 bits per heavy atom. The summed E-state index contributed by atoms with van der Waals surface area (Å²) in [6.45, 7) is 0.853. The van der Waals surface area contributed by atoms with Crippen LogP contribution in [0.25, 0.3) is 0 Å². The highest BCUT2D eigenvalue weighted by atomic mass is 79.9. The Kier molecular flexibility index (Phi) is 6.83. The number of nitrogens with zero attached hydrogens (tertiary/aromatic N) is 1. The molecule has 0 bridgehead atoms. The van der Waals surface area contributed by atoms with E-state index in [1.807, 2.05) is 36.4 Å². The average molecular weight is 513 g/mol. The Labute approximate surface area is 199 Å². The minimum atomic E-state index is -0.236. The number of nitrogens with one attached hydrogen (secondary N) is 1. The van der Waals surface area contributed by atoms with Crippen LogP contribution in [0.3, 0.4) is 0 Å². The molecule has 4 rings (SSSR count). The van der Waals surface area contributed by atoms with Crippen molar-refractivity contribution in [3.05, 3.63) is 76.3 Å². The normalized spacial score (nSPS) is 12.6. The van der Waals surface area contributed by atoms with E-state index in [9.17, 15) is 9.59 Å². The molecule has 0 aliphatic carbocycles. The van der Waals surface area contributed by atoms with Crippen molar-refractivity contribution in [3.8, 4) is 5.75 Å². The standard InChI is InChI=1S/C24H21BrN2O4S/c1-30-12-11-27-19-9-8-16(26-23(28)15-7-10-20(31-2)18(25)13-15)14-22(19)32-21-6-4-3-5-17(21)24(27)29/h3-10,13-14H,11-12H2,1-2H3,(H,26,28). The number of rotatable bonds is 6. The molecule has 3 aromatic carbocycles. The fourth-order valence-electron chi connectivity index (χ4n) is 3.42. The molecule has 1 heterocycles. The van der Waals surface area contributed by atoms with Gasteiger partial charge in [0.05, 0.1) is 29.4 Å². The van der Waals surface area contributed by atoms with Crippen molar-refractivity contribution >= 4 is 50.9 Å². The van der Waals surface area contributed by atoms with Crippen LogP contribution < -0.4 is 15.0 Å². The molecule has 164 valence electrons. The largest absolute Gasteiger partial charge is 0.496 e. The number of benzene rings is 3. The van der Waals surface area contributed by atoms with Crippen molar-refractivity contribution in [3.63, 3.8) is 0 Å². The van der Waals surface area contributed by atoms with Crippen molar-refractivity contribution in [1.82, 2.24) is 0 Å². The van der Waals surface area contributed by atoms with E-state index in [1.165, 1.54) is 11.8 Å². The maximum absolute atomic E-state index is 13.2. The lowest BCUT2D eigenvalue weighted by Crippen LogP contribution is -2.33. The smallest absolute Gasteiger partial charge is 0.259 e. The van der Waals surface area contributed by atoms with E-state index in [-0.39, 0.29) is 11.8 Å². The van der Waals surface area contributed by atoms with E-state index >= 15 is 0 Å². The molecule has 0 fully saturated rings.